The van der Waals surface area contributed by atoms with Crippen LogP contribution in [0.1, 0.15) is 37.4 Å². The summed E-state index contributed by atoms with van der Waals surface area (Å²) < 4.78 is 18.6. The summed E-state index contributed by atoms with van der Waals surface area (Å²) >= 11 is 0. The van der Waals surface area contributed by atoms with Gasteiger partial charge in [-0.1, -0.05) is 36.4 Å². The monoisotopic (exact) mass is 386 g/mol. The van der Waals surface area contributed by atoms with Crippen molar-refractivity contribution in [2.45, 2.75) is 38.5 Å². The molecule has 1 N–H and O–H groups in total. The summed E-state index contributed by atoms with van der Waals surface area (Å²) in [5.74, 6) is -1.31. The summed E-state index contributed by atoms with van der Waals surface area (Å²) in [6.45, 7) is 3.52. The van der Waals surface area contributed by atoms with Crippen molar-refractivity contribution >= 4 is 17.6 Å². The number of nitrogens with one attached hydrogen (secondary N) is 1. The van der Waals surface area contributed by atoms with Crippen LogP contribution in [0.5, 0.6) is 0 Å². The minimum atomic E-state index is -1.07. The van der Waals surface area contributed by atoms with Gasteiger partial charge in [-0.05, 0) is 31.5 Å². The number of rotatable bonds is 5. The van der Waals surface area contributed by atoms with Crippen LogP contribution in [0.25, 0.3) is 0 Å². The SMILES string of the molecule is COC(=O)CC1c2ccc(F)cc2NC(C)(C)C(=O)N1OCc1ccccc1. The van der Waals surface area contributed by atoms with Crippen molar-refractivity contribution in [2.75, 3.05) is 12.4 Å². The molecule has 28 heavy (non-hydrogen) atoms. The Morgan fingerprint density at radius 1 is 1.21 bits per heavy atom. The van der Waals surface area contributed by atoms with Gasteiger partial charge in [0.2, 0.25) is 0 Å². The number of hydrogen-bond donors (Lipinski definition) is 1. The zero-order valence-electron chi connectivity index (χ0n) is 16.1. The molecular formula is C21H23FN2O4. The van der Waals surface area contributed by atoms with Gasteiger partial charge in [0, 0.05) is 11.3 Å². The smallest absolute Gasteiger partial charge is 0.308 e. The molecule has 7 heteroatoms. The molecule has 1 aliphatic heterocycles. The van der Waals surface area contributed by atoms with Crippen LogP contribution < -0.4 is 5.32 Å². The van der Waals surface area contributed by atoms with Gasteiger partial charge in [0.25, 0.3) is 5.91 Å². The van der Waals surface area contributed by atoms with Crippen molar-refractivity contribution < 1.29 is 23.6 Å². The zero-order chi connectivity index (χ0) is 20.3. The van der Waals surface area contributed by atoms with Crippen molar-refractivity contribution in [3.63, 3.8) is 0 Å². The Morgan fingerprint density at radius 2 is 1.93 bits per heavy atom. The van der Waals surface area contributed by atoms with E-state index >= 15 is 0 Å². The third kappa shape index (κ3) is 4.14. The normalized spacial score (nSPS) is 18.1. The maximum absolute atomic E-state index is 13.8. The number of hydrogen-bond acceptors (Lipinski definition) is 5. The minimum Gasteiger partial charge on any atom is -0.469 e. The molecule has 1 amide bonds. The molecule has 2 aromatic carbocycles. The zero-order valence-corrected chi connectivity index (χ0v) is 16.1. The number of amides is 1. The Balaban J connectivity index is 2.01. The summed E-state index contributed by atoms with van der Waals surface area (Å²) in [6, 6.07) is 12.8. The molecule has 0 saturated heterocycles. The number of hydroxylamine groups is 2. The Hall–Kier alpha value is -2.93. The van der Waals surface area contributed by atoms with Crippen LogP contribution in [-0.2, 0) is 25.8 Å². The molecule has 0 aliphatic carbocycles. The Labute approximate surface area is 163 Å². The van der Waals surface area contributed by atoms with Crippen molar-refractivity contribution in [3.8, 4) is 0 Å². The van der Waals surface area contributed by atoms with E-state index in [1.165, 1.54) is 24.3 Å². The Bertz CT molecular complexity index is 870. The maximum atomic E-state index is 13.8. The first-order valence-corrected chi connectivity index (χ1v) is 8.97. The average molecular weight is 386 g/mol. The number of nitrogens with zero attached hydrogens (tertiary/aromatic N) is 1. The van der Waals surface area contributed by atoms with Gasteiger partial charge in [0.15, 0.2) is 0 Å². The van der Waals surface area contributed by atoms with Gasteiger partial charge in [-0.25, -0.2) is 9.45 Å². The number of anilines is 1. The van der Waals surface area contributed by atoms with Crippen LogP contribution in [0.3, 0.4) is 0 Å². The third-order valence-corrected chi connectivity index (χ3v) is 4.64. The van der Waals surface area contributed by atoms with Crippen LogP contribution in [0.4, 0.5) is 10.1 Å². The van der Waals surface area contributed by atoms with Gasteiger partial charge in [0.1, 0.15) is 18.0 Å². The van der Waals surface area contributed by atoms with Crippen molar-refractivity contribution in [2.24, 2.45) is 0 Å². The quantitative estimate of drug-likeness (QED) is 0.796. The van der Waals surface area contributed by atoms with Crippen LogP contribution in [-0.4, -0.2) is 29.6 Å². The number of carbonyl (C=O) groups excluding carboxylic acids is 2. The van der Waals surface area contributed by atoms with E-state index in [0.717, 1.165) is 5.56 Å². The first-order valence-electron chi connectivity index (χ1n) is 8.97. The second-order valence-electron chi connectivity index (χ2n) is 7.17. The first kappa shape index (κ1) is 19.8. The predicted octanol–water partition coefficient (Wildman–Crippen LogP) is 3.59. The molecule has 0 fully saturated rings. The first-order chi connectivity index (χ1) is 13.3. The summed E-state index contributed by atoms with van der Waals surface area (Å²) in [4.78, 5) is 31.1. The molecule has 0 bridgehead atoms. The molecule has 0 aromatic heterocycles. The molecule has 1 unspecified atom stereocenters. The largest absolute Gasteiger partial charge is 0.469 e. The van der Waals surface area contributed by atoms with Crippen LogP contribution in [0.15, 0.2) is 48.5 Å². The standard InChI is InChI=1S/C21H23FN2O4/c1-21(2)20(26)24(28-13-14-7-5-4-6-8-14)18(12-19(25)27-3)16-10-9-15(22)11-17(16)23-21/h4-11,18,23H,12-13H2,1-3H3. The van der Waals surface area contributed by atoms with E-state index in [-0.39, 0.29) is 18.9 Å². The number of esters is 1. The summed E-state index contributed by atoms with van der Waals surface area (Å²) in [7, 11) is 1.28. The van der Waals surface area contributed by atoms with Gasteiger partial charge in [-0.15, -0.1) is 0 Å². The van der Waals surface area contributed by atoms with Crippen LogP contribution in [0.2, 0.25) is 0 Å². The second-order valence-corrected chi connectivity index (χ2v) is 7.17. The lowest BCUT2D eigenvalue weighted by molar-refractivity contribution is -0.212. The number of ether oxygens (including phenoxy) is 1. The van der Waals surface area contributed by atoms with Crippen molar-refractivity contribution in [1.29, 1.82) is 0 Å². The lowest BCUT2D eigenvalue weighted by Crippen LogP contribution is -2.49. The molecule has 1 heterocycles. The van der Waals surface area contributed by atoms with Gasteiger partial charge in [0.05, 0.1) is 19.6 Å². The highest BCUT2D eigenvalue weighted by molar-refractivity contribution is 5.90. The van der Waals surface area contributed by atoms with E-state index in [0.29, 0.717) is 11.3 Å². The van der Waals surface area contributed by atoms with Crippen molar-refractivity contribution in [1.82, 2.24) is 5.06 Å². The number of carbonyl (C=O) groups is 2. The summed E-state index contributed by atoms with van der Waals surface area (Å²) in [5.41, 5.74) is 0.836. The fraction of sp³-hybridized carbons (Fsp3) is 0.333. The molecule has 0 radical (unpaired) electrons. The molecular weight excluding hydrogens is 363 g/mol. The molecule has 3 rings (SSSR count). The fourth-order valence-electron chi connectivity index (χ4n) is 3.16. The number of benzene rings is 2. The maximum Gasteiger partial charge on any atom is 0.308 e. The van der Waals surface area contributed by atoms with E-state index < -0.39 is 23.4 Å². The average Bonchev–Trinajstić information content (AvgIpc) is 2.74. The van der Waals surface area contributed by atoms with E-state index in [9.17, 15) is 14.0 Å². The molecule has 6 nitrogen and oxygen atoms in total. The predicted molar refractivity (Wildman–Crippen MR) is 102 cm³/mol. The van der Waals surface area contributed by atoms with E-state index in [1.807, 2.05) is 30.3 Å². The van der Waals surface area contributed by atoms with Gasteiger partial charge >= 0.3 is 5.97 Å². The highest BCUT2D eigenvalue weighted by Gasteiger charge is 2.42. The van der Waals surface area contributed by atoms with Gasteiger partial charge in [-0.3, -0.25) is 14.4 Å². The number of halogens is 1. The Morgan fingerprint density at radius 3 is 2.61 bits per heavy atom. The summed E-state index contributed by atoms with van der Waals surface area (Å²) in [6.07, 6.45) is -0.118. The van der Waals surface area contributed by atoms with Crippen LogP contribution in [0, 0.1) is 5.82 Å². The highest BCUT2D eigenvalue weighted by Crippen LogP contribution is 2.38. The second kappa shape index (κ2) is 7.98. The number of methoxy groups -OCH3 is 1. The number of fused-ring (bicyclic) bond motifs is 1. The Kier molecular flexibility index (Phi) is 5.65. The van der Waals surface area contributed by atoms with E-state index in [4.69, 9.17) is 9.57 Å². The van der Waals surface area contributed by atoms with E-state index in [1.54, 1.807) is 19.9 Å². The van der Waals surface area contributed by atoms with Crippen LogP contribution >= 0.6 is 0 Å². The lowest BCUT2D eigenvalue weighted by Gasteiger charge is -2.32. The van der Waals surface area contributed by atoms with Crippen molar-refractivity contribution in [3.05, 3.63) is 65.5 Å². The third-order valence-electron chi connectivity index (χ3n) is 4.64. The molecule has 0 spiro atoms. The molecule has 1 aliphatic rings. The molecule has 148 valence electrons. The molecule has 0 saturated carbocycles. The minimum absolute atomic E-state index is 0.118. The van der Waals surface area contributed by atoms with Gasteiger partial charge < -0.3 is 10.1 Å². The fourth-order valence-corrected chi connectivity index (χ4v) is 3.16. The molecule has 1 atom stereocenters. The topological polar surface area (TPSA) is 67.9 Å². The van der Waals surface area contributed by atoms with E-state index in [2.05, 4.69) is 5.32 Å². The van der Waals surface area contributed by atoms with Gasteiger partial charge in [-0.2, -0.15) is 0 Å². The molecule has 2 aromatic rings. The summed E-state index contributed by atoms with van der Waals surface area (Å²) in [5, 5.41) is 4.28. The lowest BCUT2D eigenvalue weighted by atomic mass is 10.0. The highest BCUT2D eigenvalue weighted by atomic mass is 19.1.